The van der Waals surface area contributed by atoms with Gasteiger partial charge in [-0.15, -0.1) is 0 Å². The van der Waals surface area contributed by atoms with Crippen LogP contribution in [-0.4, -0.2) is 17.6 Å². The van der Waals surface area contributed by atoms with Crippen molar-refractivity contribution in [2.75, 3.05) is 6.61 Å². The smallest absolute Gasteiger partial charge is 0.384 e. The largest absolute Gasteiger partial charge is 0.461 e. The van der Waals surface area contributed by atoms with Crippen molar-refractivity contribution < 1.29 is 18.3 Å². The number of ether oxygens (including phenoxy) is 1. The molecule has 0 aliphatic rings. The molecule has 0 N–H and O–H groups in total. The van der Waals surface area contributed by atoms with Crippen molar-refractivity contribution in [2.24, 2.45) is 0 Å². The molecule has 1 heterocycles. The summed E-state index contributed by atoms with van der Waals surface area (Å²) in [5, 5.41) is 0. The maximum atomic E-state index is 13.3. The molecule has 0 aromatic carbocycles. The van der Waals surface area contributed by atoms with Crippen LogP contribution in [0.2, 0.25) is 0 Å². The highest BCUT2D eigenvalue weighted by atomic mass is 127. The standard InChI is InChI=1S/C9H8F2INO2/c1-2-15-8(14)9(10,11)7-4-3-6(12)5-13-7/h3-5H,2H2,1H3. The topological polar surface area (TPSA) is 39.2 Å². The van der Waals surface area contributed by atoms with Crippen LogP contribution in [0.25, 0.3) is 0 Å². The lowest BCUT2D eigenvalue weighted by Crippen LogP contribution is -2.29. The van der Waals surface area contributed by atoms with Crippen LogP contribution < -0.4 is 0 Å². The number of hydrogen-bond donors (Lipinski definition) is 0. The van der Waals surface area contributed by atoms with Gasteiger partial charge in [-0.25, -0.2) is 4.79 Å². The van der Waals surface area contributed by atoms with Gasteiger partial charge in [-0.05, 0) is 41.6 Å². The van der Waals surface area contributed by atoms with Crippen LogP contribution in [0.4, 0.5) is 8.78 Å². The quantitative estimate of drug-likeness (QED) is 0.632. The summed E-state index contributed by atoms with van der Waals surface area (Å²) in [6.45, 7) is 1.38. The van der Waals surface area contributed by atoms with Crippen molar-refractivity contribution in [3.8, 4) is 0 Å². The van der Waals surface area contributed by atoms with E-state index in [9.17, 15) is 13.6 Å². The van der Waals surface area contributed by atoms with E-state index in [1.807, 2.05) is 22.6 Å². The first-order valence-corrected chi connectivity index (χ1v) is 5.23. The van der Waals surface area contributed by atoms with Gasteiger partial charge in [0.15, 0.2) is 0 Å². The summed E-state index contributed by atoms with van der Waals surface area (Å²) in [6.07, 6.45) is 1.27. The zero-order chi connectivity index (χ0) is 11.5. The van der Waals surface area contributed by atoms with E-state index in [1.165, 1.54) is 19.2 Å². The zero-order valence-electron chi connectivity index (χ0n) is 7.84. The number of alkyl halides is 2. The molecular formula is C9H8F2INO2. The van der Waals surface area contributed by atoms with Crippen LogP contribution in [0.3, 0.4) is 0 Å². The first-order chi connectivity index (χ1) is 6.98. The number of aromatic nitrogens is 1. The van der Waals surface area contributed by atoms with E-state index in [0.717, 1.165) is 9.64 Å². The molecule has 0 saturated carbocycles. The fourth-order valence-corrected chi connectivity index (χ4v) is 1.21. The molecular weight excluding hydrogens is 319 g/mol. The molecule has 0 radical (unpaired) electrons. The highest BCUT2D eigenvalue weighted by Crippen LogP contribution is 2.27. The molecule has 1 aromatic rings. The first kappa shape index (κ1) is 12.3. The molecule has 0 saturated heterocycles. The molecule has 1 aromatic heterocycles. The molecule has 0 unspecified atom stereocenters. The molecule has 82 valence electrons. The average Bonchev–Trinajstić information content (AvgIpc) is 2.18. The number of hydrogen-bond acceptors (Lipinski definition) is 3. The molecule has 0 bridgehead atoms. The van der Waals surface area contributed by atoms with Crippen LogP contribution in [-0.2, 0) is 15.5 Å². The summed E-state index contributed by atoms with van der Waals surface area (Å²) in [6, 6.07) is 2.56. The molecule has 15 heavy (non-hydrogen) atoms. The molecule has 0 atom stereocenters. The van der Waals surface area contributed by atoms with Crippen LogP contribution in [0.1, 0.15) is 12.6 Å². The fourth-order valence-electron chi connectivity index (χ4n) is 0.888. The van der Waals surface area contributed by atoms with E-state index < -0.39 is 17.6 Å². The predicted molar refractivity (Wildman–Crippen MR) is 57.5 cm³/mol. The minimum Gasteiger partial charge on any atom is -0.461 e. The Bertz CT molecular complexity index is 354. The van der Waals surface area contributed by atoms with E-state index in [2.05, 4.69) is 9.72 Å². The number of halogens is 3. The number of rotatable bonds is 3. The number of pyridine rings is 1. The van der Waals surface area contributed by atoms with Crippen LogP contribution in [0.5, 0.6) is 0 Å². The summed E-state index contributed by atoms with van der Waals surface area (Å²) in [5.41, 5.74) is -0.596. The van der Waals surface area contributed by atoms with Gasteiger partial charge in [-0.3, -0.25) is 4.98 Å². The SMILES string of the molecule is CCOC(=O)C(F)(F)c1ccc(I)cn1. The molecule has 6 heteroatoms. The highest BCUT2D eigenvalue weighted by Gasteiger charge is 2.44. The molecule has 0 aliphatic heterocycles. The van der Waals surface area contributed by atoms with Crippen molar-refractivity contribution in [1.82, 2.24) is 4.98 Å². The molecule has 3 nitrogen and oxygen atoms in total. The lowest BCUT2D eigenvalue weighted by atomic mass is 10.2. The lowest BCUT2D eigenvalue weighted by molar-refractivity contribution is -0.173. The summed E-state index contributed by atoms with van der Waals surface area (Å²) in [4.78, 5) is 14.4. The van der Waals surface area contributed by atoms with Gasteiger partial charge < -0.3 is 4.74 Å². The molecule has 0 spiro atoms. The third-order valence-corrected chi connectivity index (χ3v) is 2.22. The molecule has 1 rings (SSSR count). The summed E-state index contributed by atoms with van der Waals surface area (Å²) in [7, 11) is 0. The van der Waals surface area contributed by atoms with Crippen molar-refractivity contribution in [1.29, 1.82) is 0 Å². The third-order valence-electron chi connectivity index (χ3n) is 1.58. The van der Waals surface area contributed by atoms with Crippen molar-refractivity contribution in [2.45, 2.75) is 12.8 Å². The zero-order valence-corrected chi connectivity index (χ0v) is 9.99. The summed E-state index contributed by atoms with van der Waals surface area (Å²) < 4.78 is 31.6. The van der Waals surface area contributed by atoms with Crippen LogP contribution in [0.15, 0.2) is 18.3 Å². The second-order valence-corrected chi connectivity index (χ2v) is 3.90. The fraction of sp³-hybridized carbons (Fsp3) is 0.333. The molecule has 0 amide bonds. The van der Waals surface area contributed by atoms with E-state index in [4.69, 9.17) is 0 Å². The van der Waals surface area contributed by atoms with E-state index in [-0.39, 0.29) is 6.61 Å². The van der Waals surface area contributed by atoms with Crippen molar-refractivity contribution in [3.63, 3.8) is 0 Å². The normalized spacial score (nSPS) is 11.2. The van der Waals surface area contributed by atoms with Crippen LogP contribution in [0, 0.1) is 3.57 Å². The van der Waals surface area contributed by atoms with Gasteiger partial charge in [0, 0.05) is 9.77 Å². The minimum atomic E-state index is -3.68. The highest BCUT2D eigenvalue weighted by molar-refractivity contribution is 14.1. The second kappa shape index (κ2) is 4.82. The molecule has 0 fully saturated rings. The third kappa shape index (κ3) is 2.83. The Hall–Kier alpha value is -0.790. The number of carbonyl (C=O) groups is 1. The number of carbonyl (C=O) groups excluding carboxylic acids is 1. The number of nitrogens with zero attached hydrogens (tertiary/aromatic N) is 1. The monoisotopic (exact) mass is 327 g/mol. The van der Waals surface area contributed by atoms with Crippen molar-refractivity contribution in [3.05, 3.63) is 27.6 Å². The lowest BCUT2D eigenvalue weighted by Gasteiger charge is -2.13. The minimum absolute atomic E-state index is 0.0845. The van der Waals surface area contributed by atoms with Gasteiger partial charge in [0.1, 0.15) is 5.69 Å². The Morgan fingerprint density at radius 2 is 2.27 bits per heavy atom. The van der Waals surface area contributed by atoms with Crippen LogP contribution >= 0.6 is 22.6 Å². The van der Waals surface area contributed by atoms with E-state index in [0.29, 0.717) is 0 Å². The van der Waals surface area contributed by atoms with Gasteiger partial charge in [0.05, 0.1) is 6.61 Å². The second-order valence-electron chi connectivity index (χ2n) is 2.66. The van der Waals surface area contributed by atoms with Gasteiger partial charge >= 0.3 is 11.9 Å². The average molecular weight is 327 g/mol. The van der Waals surface area contributed by atoms with Crippen molar-refractivity contribution >= 4 is 28.6 Å². The summed E-state index contributed by atoms with van der Waals surface area (Å²) in [5.74, 6) is -5.25. The van der Waals surface area contributed by atoms with E-state index in [1.54, 1.807) is 0 Å². The first-order valence-electron chi connectivity index (χ1n) is 4.15. The predicted octanol–water partition coefficient (Wildman–Crippen LogP) is 2.34. The molecule has 0 aliphatic carbocycles. The Labute approximate surface area is 99.0 Å². The summed E-state index contributed by atoms with van der Waals surface area (Å²) >= 11 is 1.94. The van der Waals surface area contributed by atoms with E-state index >= 15 is 0 Å². The Kier molecular flexibility index (Phi) is 3.95. The Morgan fingerprint density at radius 1 is 1.60 bits per heavy atom. The van der Waals surface area contributed by atoms with Gasteiger partial charge in [0.2, 0.25) is 0 Å². The Morgan fingerprint density at radius 3 is 2.73 bits per heavy atom. The Balaban J connectivity index is 2.94. The maximum Gasteiger partial charge on any atom is 0.384 e. The van der Waals surface area contributed by atoms with Gasteiger partial charge in [-0.2, -0.15) is 8.78 Å². The maximum absolute atomic E-state index is 13.3. The van der Waals surface area contributed by atoms with Gasteiger partial charge in [0.25, 0.3) is 0 Å². The number of esters is 1. The van der Waals surface area contributed by atoms with Gasteiger partial charge in [-0.1, -0.05) is 0 Å².